The third-order valence-corrected chi connectivity index (χ3v) is 6.82. The number of nitrogens with one attached hydrogen (secondary N) is 1. The van der Waals surface area contributed by atoms with Crippen LogP contribution in [-0.2, 0) is 11.2 Å². The van der Waals surface area contributed by atoms with Crippen molar-refractivity contribution in [3.05, 3.63) is 59.3 Å². The molecule has 0 bridgehead atoms. The summed E-state index contributed by atoms with van der Waals surface area (Å²) >= 11 is 0. The zero-order valence-electron chi connectivity index (χ0n) is 19.6. The van der Waals surface area contributed by atoms with Gasteiger partial charge in [0.2, 0.25) is 0 Å². The maximum absolute atomic E-state index is 13.7. The fourth-order valence-corrected chi connectivity index (χ4v) is 5.21. The van der Waals surface area contributed by atoms with Gasteiger partial charge >= 0.3 is 12.6 Å². The number of carbonyl (C=O) groups excluding carboxylic acids is 2. The maximum Gasteiger partial charge on any atom is 0.387 e. The molecule has 2 aliphatic rings. The number of carbonyl (C=O) groups is 2. The van der Waals surface area contributed by atoms with Gasteiger partial charge < -0.3 is 19.7 Å². The van der Waals surface area contributed by atoms with Crippen molar-refractivity contribution in [3.8, 4) is 11.5 Å². The Hall–Kier alpha value is -3.66. The number of benzene rings is 2. The van der Waals surface area contributed by atoms with Crippen LogP contribution in [0.3, 0.4) is 0 Å². The highest BCUT2D eigenvalue weighted by molar-refractivity contribution is 6.08. The Morgan fingerprint density at radius 3 is 2.69 bits per heavy atom. The fraction of sp³-hybridized carbons (Fsp3) is 0.360. The Kier molecular flexibility index (Phi) is 5.43. The van der Waals surface area contributed by atoms with Gasteiger partial charge in [-0.3, -0.25) is 14.6 Å². The van der Waals surface area contributed by atoms with E-state index in [4.69, 9.17) is 0 Å². The van der Waals surface area contributed by atoms with Crippen LogP contribution in [0.5, 0.6) is 11.5 Å². The first-order valence-electron chi connectivity index (χ1n) is 11.3. The van der Waals surface area contributed by atoms with E-state index < -0.39 is 24.2 Å². The van der Waals surface area contributed by atoms with E-state index in [0.717, 1.165) is 5.56 Å². The molecule has 2 N–H and O–H groups in total. The summed E-state index contributed by atoms with van der Waals surface area (Å²) in [5.74, 6) is -0.269. The summed E-state index contributed by atoms with van der Waals surface area (Å²) in [7, 11) is 3.73. The molecule has 5 rings (SSSR count). The van der Waals surface area contributed by atoms with Gasteiger partial charge in [0.1, 0.15) is 23.1 Å². The molecule has 0 aliphatic carbocycles. The normalized spacial score (nSPS) is 21.9. The molecule has 184 valence electrons. The average molecular weight is 485 g/mol. The van der Waals surface area contributed by atoms with Gasteiger partial charge in [0.25, 0.3) is 5.91 Å². The van der Waals surface area contributed by atoms with Crippen LogP contribution >= 0.6 is 0 Å². The number of alkyl halides is 2. The number of amides is 3. The number of halogens is 2. The first kappa shape index (κ1) is 23.1. The van der Waals surface area contributed by atoms with Gasteiger partial charge in [-0.2, -0.15) is 8.78 Å². The second kappa shape index (κ2) is 8.23. The van der Waals surface area contributed by atoms with Gasteiger partial charge in [-0.1, -0.05) is 12.1 Å². The molecule has 8 nitrogen and oxygen atoms in total. The Balaban J connectivity index is 1.69. The molecule has 2 aromatic carbocycles. The van der Waals surface area contributed by atoms with Gasteiger partial charge in [-0.05, 0) is 62.5 Å². The van der Waals surface area contributed by atoms with Crippen molar-refractivity contribution in [1.82, 2.24) is 19.7 Å². The minimum absolute atomic E-state index is 0.0113. The lowest BCUT2D eigenvalue weighted by Crippen LogP contribution is -2.53. The molecule has 0 spiro atoms. The highest BCUT2D eigenvalue weighted by atomic mass is 19.3. The van der Waals surface area contributed by atoms with Crippen LogP contribution in [-0.4, -0.2) is 76.1 Å². The number of phenolic OH excluding ortho intramolecular Hbond substituents is 1. The van der Waals surface area contributed by atoms with Crippen molar-refractivity contribution in [3.63, 3.8) is 0 Å². The first-order valence-corrected chi connectivity index (χ1v) is 11.3. The number of likely N-dealkylation sites (N-methyl/N-ethyl adjacent to an activating group) is 1. The lowest BCUT2D eigenvalue weighted by Gasteiger charge is -2.42. The van der Waals surface area contributed by atoms with Crippen LogP contribution in [0.1, 0.15) is 29.8 Å². The van der Waals surface area contributed by atoms with Crippen LogP contribution in [0, 0.1) is 0 Å². The number of nitrogens with zero attached hydrogens (tertiary/aromatic N) is 3. The third-order valence-electron chi connectivity index (χ3n) is 6.82. The zero-order valence-corrected chi connectivity index (χ0v) is 19.6. The predicted octanol–water partition coefficient (Wildman–Crippen LogP) is 3.70. The second-order valence-corrected chi connectivity index (χ2v) is 9.46. The number of H-pyrrole nitrogens is 1. The summed E-state index contributed by atoms with van der Waals surface area (Å²) in [4.78, 5) is 35.4. The van der Waals surface area contributed by atoms with Crippen molar-refractivity contribution < 1.29 is 28.2 Å². The van der Waals surface area contributed by atoms with Crippen LogP contribution in [0.25, 0.3) is 10.9 Å². The molecular weight excluding hydrogens is 458 g/mol. The number of aromatic hydroxyl groups is 1. The van der Waals surface area contributed by atoms with E-state index in [0.29, 0.717) is 28.7 Å². The summed E-state index contributed by atoms with van der Waals surface area (Å²) in [6.07, 6.45) is 0.207. The number of imide groups is 1. The Labute approximate surface area is 200 Å². The molecule has 2 atom stereocenters. The standard InChI is InChI=1S/C25H26F2N4O4/c1-25-13-18-17-12-16(35-23(26)27)7-8-19(17)28-20(18)21(14-5-4-6-15(32)11-14)31(25)24(34)30(22(25)33)10-9-29(2)3/h4-8,11-12,21,23,28,32H,9-10,13H2,1-3H3. The molecular formula is C25H26F2N4O4. The number of ether oxygens (including phenoxy) is 1. The summed E-state index contributed by atoms with van der Waals surface area (Å²) < 4.78 is 30.3. The van der Waals surface area contributed by atoms with Gasteiger partial charge in [0, 0.05) is 36.1 Å². The summed E-state index contributed by atoms with van der Waals surface area (Å²) in [5.41, 5.74) is 1.54. The molecule has 1 aromatic heterocycles. The number of fused-ring (bicyclic) bond motifs is 4. The number of aromatic nitrogens is 1. The number of urea groups is 1. The van der Waals surface area contributed by atoms with E-state index >= 15 is 0 Å². The molecule has 0 radical (unpaired) electrons. The molecule has 3 aromatic rings. The largest absolute Gasteiger partial charge is 0.508 e. The molecule has 3 heterocycles. The van der Waals surface area contributed by atoms with Gasteiger partial charge in [0.15, 0.2) is 0 Å². The van der Waals surface area contributed by atoms with Crippen molar-refractivity contribution in [1.29, 1.82) is 0 Å². The van der Waals surface area contributed by atoms with E-state index in [1.54, 1.807) is 36.1 Å². The number of aromatic amines is 1. The molecule has 1 fully saturated rings. The first-order chi connectivity index (χ1) is 16.6. The van der Waals surface area contributed by atoms with Crippen LogP contribution in [0.15, 0.2) is 42.5 Å². The average Bonchev–Trinajstić information content (AvgIpc) is 3.22. The molecule has 35 heavy (non-hydrogen) atoms. The van der Waals surface area contributed by atoms with E-state index in [9.17, 15) is 23.5 Å². The van der Waals surface area contributed by atoms with E-state index in [-0.39, 0.29) is 30.4 Å². The smallest absolute Gasteiger partial charge is 0.387 e. The lowest BCUT2D eigenvalue weighted by molar-refractivity contribution is -0.133. The number of rotatable bonds is 6. The van der Waals surface area contributed by atoms with Crippen molar-refractivity contribution in [2.24, 2.45) is 0 Å². The minimum Gasteiger partial charge on any atom is -0.508 e. The van der Waals surface area contributed by atoms with Crippen molar-refractivity contribution >= 4 is 22.8 Å². The second-order valence-electron chi connectivity index (χ2n) is 9.46. The Bertz CT molecular complexity index is 1320. The summed E-state index contributed by atoms with van der Waals surface area (Å²) in [6, 6.07) is 10.1. The minimum atomic E-state index is -2.96. The molecule has 0 saturated carbocycles. The van der Waals surface area contributed by atoms with E-state index in [1.165, 1.54) is 23.1 Å². The lowest BCUT2D eigenvalue weighted by atomic mass is 9.81. The van der Waals surface area contributed by atoms with Crippen LogP contribution in [0.2, 0.25) is 0 Å². The Morgan fingerprint density at radius 2 is 2.00 bits per heavy atom. The molecule has 1 saturated heterocycles. The topological polar surface area (TPSA) is 89.1 Å². The molecule has 2 unspecified atom stereocenters. The molecule has 2 aliphatic heterocycles. The van der Waals surface area contributed by atoms with Crippen molar-refractivity contribution in [2.75, 3.05) is 27.2 Å². The third kappa shape index (κ3) is 3.68. The summed E-state index contributed by atoms with van der Waals surface area (Å²) in [6.45, 7) is -0.472. The Morgan fingerprint density at radius 1 is 1.23 bits per heavy atom. The quantitative estimate of drug-likeness (QED) is 0.521. The zero-order chi connectivity index (χ0) is 25.1. The monoisotopic (exact) mass is 484 g/mol. The number of hydrogen-bond acceptors (Lipinski definition) is 5. The van der Waals surface area contributed by atoms with Gasteiger partial charge in [-0.15, -0.1) is 0 Å². The molecule has 10 heteroatoms. The predicted molar refractivity (Wildman–Crippen MR) is 124 cm³/mol. The highest BCUT2D eigenvalue weighted by Crippen LogP contribution is 2.49. The van der Waals surface area contributed by atoms with Crippen molar-refractivity contribution in [2.45, 2.75) is 31.5 Å². The number of hydrogen-bond donors (Lipinski definition) is 2. The SMILES string of the molecule is CN(C)CCN1C(=O)N2C(c3cccc(O)c3)c3[nH]c4ccc(OC(F)F)cc4c3CC2(C)C1=O. The van der Waals surface area contributed by atoms with Gasteiger partial charge in [0.05, 0.1) is 0 Å². The fourth-order valence-electron chi connectivity index (χ4n) is 5.21. The number of phenols is 1. The van der Waals surface area contributed by atoms with Crippen LogP contribution < -0.4 is 4.74 Å². The van der Waals surface area contributed by atoms with E-state index in [2.05, 4.69) is 9.72 Å². The van der Waals surface area contributed by atoms with Gasteiger partial charge in [-0.25, -0.2) is 4.79 Å². The van der Waals surface area contributed by atoms with E-state index in [1.807, 2.05) is 19.0 Å². The maximum atomic E-state index is 13.7. The molecule has 3 amide bonds. The van der Waals surface area contributed by atoms with Crippen LogP contribution in [0.4, 0.5) is 13.6 Å². The highest BCUT2D eigenvalue weighted by Gasteiger charge is 2.60. The summed E-state index contributed by atoms with van der Waals surface area (Å²) in [5, 5.41) is 10.8.